The molecular weight excluding hydrogens is 596 g/mol. The predicted molar refractivity (Wildman–Crippen MR) is 174 cm³/mol. The highest BCUT2D eigenvalue weighted by Crippen LogP contribution is 2.35. The number of amides is 1. The third-order valence-electron chi connectivity index (χ3n) is 7.50. The number of carbonyl (C=O) groups is 2. The minimum absolute atomic E-state index is 0.111. The lowest BCUT2D eigenvalue weighted by atomic mass is 9.97. The monoisotopic (exact) mass is 626 g/mol. The van der Waals surface area contributed by atoms with Gasteiger partial charge in [0.2, 0.25) is 0 Å². The number of rotatable bonds is 8. The average Bonchev–Trinajstić information content (AvgIpc) is 3.65. The van der Waals surface area contributed by atoms with Gasteiger partial charge in [-0.3, -0.25) is 9.59 Å². The lowest BCUT2D eigenvalue weighted by Crippen LogP contribution is -2.39. The number of benzene rings is 3. The second-order valence-electron chi connectivity index (χ2n) is 10.4. The highest BCUT2D eigenvalue weighted by Gasteiger charge is 2.32. The maximum absolute atomic E-state index is 13.1. The minimum atomic E-state index is -0.284. The van der Waals surface area contributed by atoms with Crippen molar-refractivity contribution in [2.24, 2.45) is 10.9 Å². The molecule has 0 atom stereocenters. The number of para-hydroxylation sites is 1. The number of thioether (sulfide) groups is 1. The van der Waals surface area contributed by atoms with E-state index in [2.05, 4.69) is 9.89 Å². The number of aliphatic imine (C=N–C) groups is 1. The SMILES string of the molecule is CCOC(=O)C1CCN(C2=NC(=O)C(=Cc3cn(-c4ccccc4)nc3-c3cccc(OCc4ccccc4Cl)c3)S2)CC1. The van der Waals surface area contributed by atoms with Gasteiger partial charge in [0.1, 0.15) is 18.1 Å². The Labute approximate surface area is 265 Å². The lowest BCUT2D eigenvalue weighted by Gasteiger charge is -2.31. The van der Waals surface area contributed by atoms with Gasteiger partial charge in [0.05, 0.1) is 23.1 Å². The second kappa shape index (κ2) is 13.5. The van der Waals surface area contributed by atoms with Crippen molar-refractivity contribution < 1.29 is 19.1 Å². The lowest BCUT2D eigenvalue weighted by molar-refractivity contribution is -0.149. The number of aromatic nitrogens is 2. The van der Waals surface area contributed by atoms with E-state index in [1.54, 1.807) is 0 Å². The molecule has 2 aliphatic heterocycles. The molecule has 3 heterocycles. The summed E-state index contributed by atoms with van der Waals surface area (Å²) in [6, 6.07) is 25.2. The largest absolute Gasteiger partial charge is 0.489 e. The van der Waals surface area contributed by atoms with Crippen LogP contribution in [0.5, 0.6) is 5.75 Å². The number of piperidine rings is 1. The number of carbonyl (C=O) groups excluding carboxylic acids is 2. The van der Waals surface area contributed by atoms with Crippen LogP contribution in [-0.4, -0.2) is 51.4 Å². The van der Waals surface area contributed by atoms with Crippen molar-refractivity contribution in [3.05, 3.63) is 106 Å². The van der Waals surface area contributed by atoms with E-state index < -0.39 is 0 Å². The Morgan fingerprint density at radius 1 is 1.05 bits per heavy atom. The third-order valence-corrected chi connectivity index (χ3v) is 8.92. The fraction of sp³-hybridized carbons (Fsp3) is 0.235. The van der Waals surface area contributed by atoms with Crippen LogP contribution in [0.4, 0.5) is 0 Å². The Balaban J connectivity index is 1.24. The first kappa shape index (κ1) is 29.7. The normalized spacial score (nSPS) is 16.3. The van der Waals surface area contributed by atoms with E-state index in [1.165, 1.54) is 11.8 Å². The fourth-order valence-corrected chi connectivity index (χ4v) is 6.33. The Hall–Kier alpha value is -4.34. The number of likely N-dealkylation sites (tertiary alicyclic amines) is 1. The molecule has 0 saturated carbocycles. The van der Waals surface area contributed by atoms with Crippen LogP contribution in [0.25, 0.3) is 23.0 Å². The molecule has 8 nitrogen and oxygen atoms in total. The van der Waals surface area contributed by atoms with Crippen LogP contribution in [-0.2, 0) is 20.9 Å². The van der Waals surface area contributed by atoms with E-state index in [-0.39, 0.29) is 17.8 Å². The molecule has 0 N–H and O–H groups in total. The quantitative estimate of drug-likeness (QED) is 0.153. The van der Waals surface area contributed by atoms with Gasteiger partial charge in [0, 0.05) is 41.0 Å². The van der Waals surface area contributed by atoms with Crippen molar-refractivity contribution >= 4 is 46.5 Å². The van der Waals surface area contributed by atoms with E-state index >= 15 is 0 Å². The molecule has 44 heavy (non-hydrogen) atoms. The van der Waals surface area contributed by atoms with E-state index in [0.717, 1.165) is 22.4 Å². The molecule has 0 radical (unpaired) electrons. The van der Waals surface area contributed by atoms with E-state index in [4.69, 9.17) is 26.2 Å². The Bertz CT molecular complexity index is 1730. The second-order valence-corrected chi connectivity index (χ2v) is 11.9. The van der Waals surface area contributed by atoms with Crippen LogP contribution in [0.2, 0.25) is 5.02 Å². The summed E-state index contributed by atoms with van der Waals surface area (Å²) >= 11 is 7.68. The standard InChI is InChI=1S/C34H31ClN4O4S/c1-2-42-33(41)23-15-17-38(18-16-23)34-36-32(40)30(44-34)20-26-21-39(27-11-4-3-5-12-27)37-31(26)24-10-8-13-28(19-24)43-22-25-9-6-7-14-29(25)35/h3-14,19-21,23H,2,15-18,22H2,1H3. The van der Waals surface area contributed by atoms with Gasteiger partial charge >= 0.3 is 5.97 Å². The van der Waals surface area contributed by atoms with Gasteiger partial charge in [0.25, 0.3) is 5.91 Å². The van der Waals surface area contributed by atoms with Gasteiger partial charge in [-0.25, -0.2) is 4.68 Å². The first-order valence-corrected chi connectivity index (χ1v) is 15.7. The fourth-order valence-electron chi connectivity index (χ4n) is 5.18. The Kier molecular flexibility index (Phi) is 9.14. The summed E-state index contributed by atoms with van der Waals surface area (Å²) in [5.74, 6) is 0.136. The molecule has 1 aromatic heterocycles. The first-order valence-electron chi connectivity index (χ1n) is 14.5. The predicted octanol–water partition coefficient (Wildman–Crippen LogP) is 7.02. The van der Waals surface area contributed by atoms with Crippen molar-refractivity contribution in [2.75, 3.05) is 19.7 Å². The van der Waals surface area contributed by atoms with Crippen LogP contribution in [0.15, 0.2) is 95.0 Å². The average molecular weight is 627 g/mol. The first-order chi connectivity index (χ1) is 21.5. The molecule has 0 bridgehead atoms. The van der Waals surface area contributed by atoms with Crippen LogP contribution < -0.4 is 4.74 Å². The van der Waals surface area contributed by atoms with Gasteiger partial charge in [-0.2, -0.15) is 10.1 Å². The zero-order chi connectivity index (χ0) is 30.5. The zero-order valence-corrected chi connectivity index (χ0v) is 25.8. The number of hydrogen-bond donors (Lipinski definition) is 0. The summed E-state index contributed by atoms with van der Waals surface area (Å²) in [5, 5.41) is 6.24. The molecule has 3 aromatic carbocycles. The number of nitrogens with zero attached hydrogens (tertiary/aromatic N) is 4. The molecule has 0 unspecified atom stereocenters. The van der Waals surface area contributed by atoms with Crippen LogP contribution >= 0.6 is 23.4 Å². The van der Waals surface area contributed by atoms with Crippen LogP contribution in [0, 0.1) is 5.92 Å². The number of amidine groups is 1. The molecule has 1 saturated heterocycles. The van der Waals surface area contributed by atoms with Crippen molar-refractivity contribution in [1.29, 1.82) is 0 Å². The van der Waals surface area contributed by atoms with Crippen LogP contribution in [0.3, 0.4) is 0 Å². The number of esters is 1. The molecule has 4 aromatic rings. The smallest absolute Gasteiger partial charge is 0.309 e. The van der Waals surface area contributed by atoms with Gasteiger partial charge in [-0.05, 0) is 67.9 Å². The highest BCUT2D eigenvalue weighted by molar-refractivity contribution is 8.18. The Morgan fingerprint density at radius 3 is 2.59 bits per heavy atom. The van der Waals surface area contributed by atoms with Gasteiger partial charge in [-0.15, -0.1) is 0 Å². The maximum atomic E-state index is 13.1. The summed E-state index contributed by atoms with van der Waals surface area (Å²) in [6.45, 7) is 3.83. The molecule has 1 fully saturated rings. The van der Waals surface area contributed by atoms with E-state index in [9.17, 15) is 9.59 Å². The summed E-state index contributed by atoms with van der Waals surface area (Å²) in [4.78, 5) is 32.2. The van der Waals surface area contributed by atoms with E-state index in [0.29, 0.717) is 65.7 Å². The minimum Gasteiger partial charge on any atom is -0.489 e. The number of hydrogen-bond acceptors (Lipinski definition) is 7. The number of halogens is 1. The molecule has 224 valence electrons. The van der Waals surface area contributed by atoms with Gasteiger partial charge < -0.3 is 14.4 Å². The number of ether oxygens (including phenoxy) is 2. The molecule has 0 spiro atoms. The molecule has 6 rings (SSSR count). The van der Waals surface area contributed by atoms with Gasteiger partial charge in [-0.1, -0.05) is 60.1 Å². The highest BCUT2D eigenvalue weighted by atomic mass is 35.5. The molecule has 1 amide bonds. The van der Waals surface area contributed by atoms with E-state index in [1.807, 2.05) is 103 Å². The van der Waals surface area contributed by atoms with Gasteiger partial charge in [0.15, 0.2) is 5.17 Å². The molecule has 10 heteroatoms. The summed E-state index contributed by atoms with van der Waals surface area (Å²) < 4.78 is 13.1. The molecular formula is C34H31ClN4O4S. The van der Waals surface area contributed by atoms with Crippen molar-refractivity contribution in [3.8, 4) is 22.7 Å². The molecule has 2 aliphatic rings. The topological polar surface area (TPSA) is 86.0 Å². The zero-order valence-electron chi connectivity index (χ0n) is 24.2. The Morgan fingerprint density at radius 2 is 1.82 bits per heavy atom. The summed E-state index contributed by atoms with van der Waals surface area (Å²) in [6.07, 6.45) is 5.13. The van der Waals surface area contributed by atoms with Crippen molar-refractivity contribution in [1.82, 2.24) is 14.7 Å². The van der Waals surface area contributed by atoms with Crippen LogP contribution in [0.1, 0.15) is 30.9 Å². The third kappa shape index (κ3) is 6.74. The maximum Gasteiger partial charge on any atom is 0.309 e. The summed E-state index contributed by atoms with van der Waals surface area (Å²) in [7, 11) is 0. The summed E-state index contributed by atoms with van der Waals surface area (Å²) in [5.41, 5.74) is 4.14. The van der Waals surface area contributed by atoms with Crippen molar-refractivity contribution in [2.45, 2.75) is 26.4 Å². The van der Waals surface area contributed by atoms with Crippen molar-refractivity contribution in [3.63, 3.8) is 0 Å². The molecule has 0 aliphatic carbocycles.